The molecule has 0 saturated heterocycles. The highest BCUT2D eigenvalue weighted by molar-refractivity contribution is 5.98. The van der Waals surface area contributed by atoms with E-state index in [1.54, 1.807) is 0 Å². The third kappa shape index (κ3) is 2.15. The largest absolute Gasteiger partial charge is 0.208 e. The molecule has 21 heavy (non-hydrogen) atoms. The van der Waals surface area contributed by atoms with Gasteiger partial charge >= 0.3 is 0 Å². The van der Waals surface area contributed by atoms with Crippen LogP contribution in [0, 0.1) is 0 Å². The molecule has 4 rings (SSSR count). The number of nitrogens with zero attached hydrogens (tertiary/aromatic N) is 1. The lowest BCUT2D eigenvalue weighted by molar-refractivity contribution is -0.671. The van der Waals surface area contributed by atoms with Crippen LogP contribution in [0.2, 0.25) is 0 Å². The molecule has 0 saturated carbocycles. The molecular formula is C20H18N+. The molecule has 0 fully saturated rings. The van der Waals surface area contributed by atoms with Gasteiger partial charge in [-0.2, -0.15) is 0 Å². The highest BCUT2D eigenvalue weighted by Crippen LogP contribution is 2.33. The third-order valence-electron chi connectivity index (χ3n) is 4.37. The average molecular weight is 272 g/mol. The number of benzene rings is 2. The van der Waals surface area contributed by atoms with E-state index in [2.05, 4.69) is 71.6 Å². The molecule has 2 aromatic carbocycles. The first-order valence-corrected chi connectivity index (χ1v) is 7.48. The van der Waals surface area contributed by atoms with Crippen molar-refractivity contribution >= 4 is 22.9 Å². The highest BCUT2D eigenvalue weighted by atomic mass is 14.9. The monoisotopic (exact) mass is 272 g/mol. The lowest BCUT2D eigenvalue weighted by Gasteiger charge is -2.05. The molecule has 102 valence electrons. The maximum absolute atomic E-state index is 2.30. The Morgan fingerprint density at radius 1 is 0.857 bits per heavy atom. The summed E-state index contributed by atoms with van der Waals surface area (Å²) in [5, 5.41) is 2.87. The Morgan fingerprint density at radius 3 is 2.43 bits per heavy atom. The van der Waals surface area contributed by atoms with Gasteiger partial charge in [-0.05, 0) is 45.9 Å². The minimum atomic E-state index is 1.19. The number of hydrogen-bond donors (Lipinski definition) is 0. The molecule has 0 unspecified atom stereocenters. The van der Waals surface area contributed by atoms with Crippen LogP contribution in [0.15, 0.2) is 54.9 Å². The topological polar surface area (TPSA) is 3.88 Å². The van der Waals surface area contributed by atoms with Crippen molar-refractivity contribution in [2.24, 2.45) is 7.05 Å². The van der Waals surface area contributed by atoms with Crippen LogP contribution in [0.5, 0.6) is 0 Å². The Hall–Kier alpha value is -2.41. The van der Waals surface area contributed by atoms with Crippen LogP contribution >= 0.6 is 0 Å². The smallest absolute Gasteiger partial charge is 0.169 e. The maximum atomic E-state index is 2.30. The van der Waals surface area contributed by atoms with Gasteiger partial charge < -0.3 is 0 Å². The van der Waals surface area contributed by atoms with E-state index >= 15 is 0 Å². The molecule has 0 N–H and O–H groups in total. The molecule has 3 aromatic rings. The molecule has 0 bridgehead atoms. The van der Waals surface area contributed by atoms with Crippen LogP contribution in [0.25, 0.3) is 22.9 Å². The first-order chi connectivity index (χ1) is 10.3. The standard InChI is InChI=1S/C20H18N/c1-21-13-11-15(12-14-21)5-6-16-7-8-18-10-9-17-3-2-4-19(16)20(17)18/h2-8,11-14H,9-10H2,1H3/q+1/b6-5+. The van der Waals surface area contributed by atoms with Crippen molar-refractivity contribution in [1.82, 2.24) is 0 Å². The summed E-state index contributed by atoms with van der Waals surface area (Å²) in [4.78, 5) is 0. The van der Waals surface area contributed by atoms with Gasteiger partial charge in [0.1, 0.15) is 7.05 Å². The molecular weight excluding hydrogens is 254 g/mol. The summed E-state index contributed by atoms with van der Waals surface area (Å²) in [5.41, 5.74) is 5.55. The van der Waals surface area contributed by atoms with Crippen LogP contribution in [0.4, 0.5) is 0 Å². The van der Waals surface area contributed by atoms with Crippen LogP contribution in [-0.4, -0.2) is 0 Å². The molecule has 0 spiro atoms. The predicted octanol–water partition coefficient (Wildman–Crippen LogP) is 3.93. The van der Waals surface area contributed by atoms with Crippen molar-refractivity contribution in [1.29, 1.82) is 0 Å². The molecule has 1 aliphatic carbocycles. The Labute approximate surface area is 125 Å². The molecule has 1 aliphatic rings. The van der Waals surface area contributed by atoms with E-state index in [0.29, 0.717) is 0 Å². The van der Waals surface area contributed by atoms with Gasteiger partial charge in [-0.25, -0.2) is 4.57 Å². The zero-order chi connectivity index (χ0) is 14.2. The Kier molecular flexibility index (Phi) is 2.85. The maximum Gasteiger partial charge on any atom is 0.169 e. The molecule has 0 aliphatic heterocycles. The van der Waals surface area contributed by atoms with E-state index in [1.807, 2.05) is 7.05 Å². The second-order valence-corrected chi connectivity index (χ2v) is 5.78. The molecule has 1 nitrogen and oxygen atoms in total. The Morgan fingerprint density at radius 2 is 1.62 bits per heavy atom. The fraction of sp³-hybridized carbons (Fsp3) is 0.150. The van der Waals surface area contributed by atoms with Crippen LogP contribution in [0.3, 0.4) is 0 Å². The third-order valence-corrected chi connectivity index (χ3v) is 4.37. The second kappa shape index (κ2) is 4.85. The van der Waals surface area contributed by atoms with E-state index in [4.69, 9.17) is 0 Å². The molecule has 1 heterocycles. The fourth-order valence-corrected chi connectivity index (χ4v) is 3.22. The lowest BCUT2D eigenvalue weighted by Crippen LogP contribution is -2.25. The van der Waals surface area contributed by atoms with E-state index < -0.39 is 0 Å². The van der Waals surface area contributed by atoms with Crippen molar-refractivity contribution in [3.8, 4) is 0 Å². The SMILES string of the molecule is C[n+]1ccc(/C=C/c2ccc3c4c(cccc24)CC3)cc1. The van der Waals surface area contributed by atoms with Gasteiger partial charge in [0, 0.05) is 12.1 Å². The molecule has 0 atom stereocenters. The van der Waals surface area contributed by atoms with E-state index in [1.165, 1.54) is 45.9 Å². The van der Waals surface area contributed by atoms with Crippen LogP contribution in [0.1, 0.15) is 22.3 Å². The average Bonchev–Trinajstić information content (AvgIpc) is 2.94. The van der Waals surface area contributed by atoms with Crippen LogP contribution in [-0.2, 0) is 19.9 Å². The van der Waals surface area contributed by atoms with Gasteiger partial charge in [-0.1, -0.05) is 42.5 Å². The summed E-state index contributed by atoms with van der Waals surface area (Å²) in [6.07, 6.45) is 11.0. The number of pyridine rings is 1. The van der Waals surface area contributed by atoms with E-state index in [9.17, 15) is 0 Å². The summed E-state index contributed by atoms with van der Waals surface area (Å²) in [6.45, 7) is 0. The summed E-state index contributed by atoms with van der Waals surface area (Å²) in [5.74, 6) is 0. The van der Waals surface area contributed by atoms with Crippen molar-refractivity contribution in [2.75, 3.05) is 0 Å². The Bertz CT molecular complexity index is 831. The summed E-state index contributed by atoms with van der Waals surface area (Å²) >= 11 is 0. The zero-order valence-electron chi connectivity index (χ0n) is 12.2. The van der Waals surface area contributed by atoms with Gasteiger partial charge in [0.15, 0.2) is 12.4 Å². The van der Waals surface area contributed by atoms with Crippen molar-refractivity contribution < 1.29 is 4.57 Å². The van der Waals surface area contributed by atoms with Gasteiger partial charge in [-0.3, -0.25) is 0 Å². The number of aromatic nitrogens is 1. The van der Waals surface area contributed by atoms with Gasteiger partial charge in [-0.15, -0.1) is 0 Å². The summed E-state index contributed by atoms with van der Waals surface area (Å²) in [7, 11) is 2.04. The van der Waals surface area contributed by atoms with E-state index in [-0.39, 0.29) is 0 Å². The molecule has 0 amide bonds. The Balaban J connectivity index is 1.79. The minimum Gasteiger partial charge on any atom is -0.208 e. The van der Waals surface area contributed by atoms with Gasteiger partial charge in [0.25, 0.3) is 0 Å². The number of hydrogen-bond acceptors (Lipinski definition) is 0. The zero-order valence-corrected chi connectivity index (χ0v) is 12.2. The first-order valence-electron chi connectivity index (χ1n) is 7.48. The predicted molar refractivity (Wildman–Crippen MR) is 87.9 cm³/mol. The quantitative estimate of drug-likeness (QED) is 0.622. The van der Waals surface area contributed by atoms with E-state index in [0.717, 1.165) is 0 Å². The molecule has 0 radical (unpaired) electrons. The normalized spacial score (nSPS) is 13.4. The number of rotatable bonds is 2. The summed E-state index contributed by atoms with van der Waals surface area (Å²) < 4.78 is 2.05. The molecule has 1 heteroatoms. The number of aryl methyl sites for hydroxylation is 3. The molecule has 1 aromatic heterocycles. The highest BCUT2D eigenvalue weighted by Gasteiger charge is 2.14. The van der Waals surface area contributed by atoms with Crippen LogP contribution < -0.4 is 4.57 Å². The van der Waals surface area contributed by atoms with Crippen molar-refractivity contribution in [3.63, 3.8) is 0 Å². The lowest BCUT2D eigenvalue weighted by atomic mass is 9.99. The first kappa shape index (κ1) is 12.3. The van der Waals surface area contributed by atoms with Crippen molar-refractivity contribution in [2.45, 2.75) is 12.8 Å². The minimum absolute atomic E-state index is 1.19. The van der Waals surface area contributed by atoms with Gasteiger partial charge in [0.2, 0.25) is 0 Å². The van der Waals surface area contributed by atoms with Crippen molar-refractivity contribution in [3.05, 3.63) is 77.1 Å². The summed E-state index contributed by atoms with van der Waals surface area (Å²) in [6, 6.07) is 15.5. The van der Waals surface area contributed by atoms with Gasteiger partial charge in [0.05, 0.1) is 0 Å². The second-order valence-electron chi connectivity index (χ2n) is 5.78. The fourth-order valence-electron chi connectivity index (χ4n) is 3.22.